The molecule has 0 unspecified atom stereocenters. The normalized spacial score (nSPS) is 10.6. The molecule has 0 atom stereocenters. The largest absolute Gasteiger partial charge is 0.481 e. The first-order valence-electron chi connectivity index (χ1n) is 6.64. The lowest BCUT2D eigenvalue weighted by Gasteiger charge is -2.08. The molecule has 1 N–H and O–H groups in total. The zero-order chi connectivity index (χ0) is 13.1. The Kier molecular flexibility index (Phi) is 8.17. The van der Waals surface area contributed by atoms with E-state index in [-0.39, 0.29) is 0 Å². The maximum atomic E-state index is 5.49. The summed E-state index contributed by atoms with van der Waals surface area (Å²) in [5.41, 5.74) is 1.09. The van der Waals surface area contributed by atoms with E-state index < -0.39 is 0 Å². The van der Waals surface area contributed by atoms with Gasteiger partial charge >= 0.3 is 0 Å². The Morgan fingerprint density at radius 2 is 2.11 bits per heavy atom. The molecule has 1 rings (SSSR count). The molecule has 1 heterocycles. The van der Waals surface area contributed by atoms with Crippen molar-refractivity contribution in [2.75, 3.05) is 26.9 Å². The standard InChI is InChI=1S/C14H24N2O2/c1-3-4-10-18-11-6-8-15-12-13-7-5-9-16-14(13)17-2/h5,7,9,15H,3-4,6,8,10-12H2,1-2H3. The van der Waals surface area contributed by atoms with Crippen molar-refractivity contribution in [2.45, 2.75) is 32.7 Å². The third-order valence-corrected chi connectivity index (χ3v) is 2.64. The van der Waals surface area contributed by atoms with Crippen LogP contribution in [0.5, 0.6) is 5.88 Å². The highest BCUT2D eigenvalue weighted by Gasteiger charge is 2.01. The zero-order valence-electron chi connectivity index (χ0n) is 11.4. The fourth-order valence-corrected chi connectivity index (χ4v) is 1.61. The summed E-state index contributed by atoms with van der Waals surface area (Å²) in [6, 6.07) is 3.95. The van der Waals surface area contributed by atoms with Gasteiger partial charge in [-0.2, -0.15) is 0 Å². The van der Waals surface area contributed by atoms with E-state index in [1.54, 1.807) is 13.3 Å². The van der Waals surface area contributed by atoms with Crippen LogP contribution in [0.2, 0.25) is 0 Å². The second kappa shape index (κ2) is 9.85. The molecule has 0 spiro atoms. The number of nitrogens with one attached hydrogen (secondary N) is 1. The average Bonchev–Trinajstić information content (AvgIpc) is 2.42. The van der Waals surface area contributed by atoms with Gasteiger partial charge in [-0.15, -0.1) is 0 Å². The Morgan fingerprint density at radius 1 is 1.28 bits per heavy atom. The number of methoxy groups -OCH3 is 1. The van der Waals surface area contributed by atoms with E-state index in [1.165, 1.54) is 6.42 Å². The highest BCUT2D eigenvalue weighted by Crippen LogP contribution is 2.12. The van der Waals surface area contributed by atoms with Gasteiger partial charge in [0.25, 0.3) is 0 Å². The van der Waals surface area contributed by atoms with Gasteiger partial charge < -0.3 is 14.8 Å². The molecule has 0 saturated heterocycles. The fourth-order valence-electron chi connectivity index (χ4n) is 1.61. The van der Waals surface area contributed by atoms with Crippen molar-refractivity contribution in [3.05, 3.63) is 23.9 Å². The summed E-state index contributed by atoms with van der Waals surface area (Å²) < 4.78 is 10.7. The van der Waals surface area contributed by atoms with Gasteiger partial charge in [-0.25, -0.2) is 4.98 Å². The maximum Gasteiger partial charge on any atom is 0.217 e. The van der Waals surface area contributed by atoms with Crippen molar-refractivity contribution in [2.24, 2.45) is 0 Å². The predicted octanol–water partition coefficient (Wildman–Crippen LogP) is 2.39. The molecule has 0 aliphatic carbocycles. The first-order chi connectivity index (χ1) is 8.88. The van der Waals surface area contributed by atoms with Crippen molar-refractivity contribution >= 4 is 0 Å². The fraction of sp³-hybridized carbons (Fsp3) is 0.643. The van der Waals surface area contributed by atoms with Crippen LogP contribution in [0.3, 0.4) is 0 Å². The predicted molar refractivity (Wildman–Crippen MR) is 72.8 cm³/mol. The molecule has 0 saturated carbocycles. The molecule has 18 heavy (non-hydrogen) atoms. The third-order valence-electron chi connectivity index (χ3n) is 2.64. The van der Waals surface area contributed by atoms with Crippen LogP contribution in [0.4, 0.5) is 0 Å². The van der Waals surface area contributed by atoms with Crippen molar-refractivity contribution in [3.8, 4) is 5.88 Å². The lowest BCUT2D eigenvalue weighted by Crippen LogP contribution is -2.17. The maximum absolute atomic E-state index is 5.49. The smallest absolute Gasteiger partial charge is 0.217 e. The molecular weight excluding hydrogens is 228 g/mol. The van der Waals surface area contributed by atoms with Crippen LogP contribution in [-0.2, 0) is 11.3 Å². The molecule has 0 radical (unpaired) electrons. The summed E-state index contributed by atoms with van der Waals surface area (Å²) in [5.74, 6) is 0.698. The lowest BCUT2D eigenvalue weighted by atomic mass is 10.2. The van der Waals surface area contributed by atoms with E-state index in [4.69, 9.17) is 9.47 Å². The molecule has 4 heteroatoms. The summed E-state index contributed by atoms with van der Waals surface area (Å²) in [6.45, 7) is 5.62. The minimum Gasteiger partial charge on any atom is -0.481 e. The Morgan fingerprint density at radius 3 is 2.89 bits per heavy atom. The first-order valence-corrected chi connectivity index (χ1v) is 6.64. The number of unbranched alkanes of at least 4 members (excludes halogenated alkanes) is 1. The number of pyridine rings is 1. The third kappa shape index (κ3) is 5.98. The quantitative estimate of drug-likeness (QED) is 0.649. The number of hydrogen-bond donors (Lipinski definition) is 1. The molecule has 0 fully saturated rings. The second-order valence-corrected chi connectivity index (χ2v) is 4.17. The van der Waals surface area contributed by atoms with Crippen molar-refractivity contribution in [1.29, 1.82) is 0 Å². The van der Waals surface area contributed by atoms with Gasteiger partial charge in [-0.3, -0.25) is 0 Å². The number of rotatable bonds is 10. The second-order valence-electron chi connectivity index (χ2n) is 4.17. The van der Waals surface area contributed by atoms with Crippen molar-refractivity contribution < 1.29 is 9.47 Å². The van der Waals surface area contributed by atoms with Gasteiger partial charge in [-0.05, 0) is 25.5 Å². The summed E-state index contributed by atoms with van der Waals surface area (Å²) >= 11 is 0. The minimum absolute atomic E-state index is 0.698. The van der Waals surface area contributed by atoms with Crippen LogP contribution in [0, 0.1) is 0 Å². The number of ether oxygens (including phenoxy) is 2. The van der Waals surface area contributed by atoms with Gasteiger partial charge in [0.15, 0.2) is 0 Å². The van der Waals surface area contributed by atoms with Crippen molar-refractivity contribution in [1.82, 2.24) is 10.3 Å². The van der Waals surface area contributed by atoms with Crippen LogP contribution in [0.1, 0.15) is 31.7 Å². The Labute approximate surface area is 110 Å². The van der Waals surface area contributed by atoms with E-state index in [9.17, 15) is 0 Å². The summed E-state index contributed by atoms with van der Waals surface area (Å²) in [5, 5.41) is 3.37. The summed E-state index contributed by atoms with van der Waals surface area (Å²) in [6.07, 6.45) is 5.12. The highest BCUT2D eigenvalue weighted by molar-refractivity contribution is 5.24. The summed E-state index contributed by atoms with van der Waals surface area (Å²) in [7, 11) is 1.65. The molecule has 0 aliphatic heterocycles. The average molecular weight is 252 g/mol. The molecule has 0 amide bonds. The topological polar surface area (TPSA) is 43.4 Å². The minimum atomic E-state index is 0.698. The van der Waals surface area contributed by atoms with Crippen molar-refractivity contribution in [3.63, 3.8) is 0 Å². The van der Waals surface area contributed by atoms with E-state index in [0.29, 0.717) is 5.88 Å². The number of aromatic nitrogens is 1. The molecule has 0 bridgehead atoms. The SMILES string of the molecule is CCCCOCCCNCc1cccnc1OC. The summed E-state index contributed by atoms with van der Waals surface area (Å²) in [4.78, 5) is 4.16. The monoisotopic (exact) mass is 252 g/mol. The van der Waals surface area contributed by atoms with E-state index in [0.717, 1.165) is 44.7 Å². The van der Waals surface area contributed by atoms with E-state index in [2.05, 4.69) is 17.2 Å². The van der Waals surface area contributed by atoms with Gasteiger partial charge in [0.05, 0.1) is 7.11 Å². The number of hydrogen-bond acceptors (Lipinski definition) is 4. The van der Waals surface area contributed by atoms with Crippen LogP contribution < -0.4 is 10.1 Å². The van der Waals surface area contributed by atoms with Crippen LogP contribution in [-0.4, -0.2) is 31.9 Å². The van der Waals surface area contributed by atoms with Crippen LogP contribution in [0.25, 0.3) is 0 Å². The molecule has 4 nitrogen and oxygen atoms in total. The molecule has 102 valence electrons. The van der Waals surface area contributed by atoms with Crippen LogP contribution in [0.15, 0.2) is 18.3 Å². The van der Waals surface area contributed by atoms with Gasteiger partial charge in [-0.1, -0.05) is 19.4 Å². The molecule has 1 aromatic heterocycles. The first kappa shape index (κ1) is 14.9. The zero-order valence-corrected chi connectivity index (χ0v) is 11.4. The van der Waals surface area contributed by atoms with Gasteiger partial charge in [0.2, 0.25) is 5.88 Å². The molecule has 0 aromatic carbocycles. The Bertz CT molecular complexity index is 318. The Balaban J connectivity index is 2.07. The highest BCUT2D eigenvalue weighted by atomic mass is 16.5. The lowest BCUT2D eigenvalue weighted by molar-refractivity contribution is 0.128. The van der Waals surface area contributed by atoms with E-state index >= 15 is 0 Å². The van der Waals surface area contributed by atoms with Gasteiger partial charge in [0, 0.05) is 31.5 Å². The molecule has 0 aliphatic rings. The van der Waals surface area contributed by atoms with Gasteiger partial charge in [0.1, 0.15) is 0 Å². The van der Waals surface area contributed by atoms with E-state index in [1.807, 2.05) is 12.1 Å². The number of nitrogens with zero attached hydrogens (tertiary/aromatic N) is 1. The molecule has 1 aromatic rings. The Hall–Kier alpha value is -1.13. The van der Waals surface area contributed by atoms with Crippen LogP contribution >= 0.6 is 0 Å². The molecular formula is C14H24N2O2.